The Morgan fingerprint density at radius 3 is 2.50 bits per heavy atom. The van der Waals surface area contributed by atoms with E-state index in [2.05, 4.69) is 17.4 Å². The zero-order valence-electron chi connectivity index (χ0n) is 13.2. The van der Waals surface area contributed by atoms with Gasteiger partial charge in [0.15, 0.2) is 18.2 Å². The van der Waals surface area contributed by atoms with Gasteiger partial charge in [0.2, 0.25) is 10.0 Å². The van der Waals surface area contributed by atoms with Crippen LogP contribution in [0.2, 0.25) is 5.02 Å². The zero-order chi connectivity index (χ0) is 19.3. The van der Waals surface area contributed by atoms with Crippen molar-refractivity contribution in [3.8, 4) is 5.75 Å². The number of nitrogens with one attached hydrogen (secondary N) is 1. The van der Waals surface area contributed by atoms with E-state index in [1.54, 1.807) is 0 Å². The minimum Gasteiger partial charge on any atom is -0.479 e. The Morgan fingerprint density at radius 1 is 1.27 bits per heavy atom. The molecule has 0 radical (unpaired) electrons. The van der Waals surface area contributed by atoms with Crippen molar-refractivity contribution in [3.05, 3.63) is 58.9 Å². The highest BCUT2D eigenvalue weighted by Crippen LogP contribution is 2.25. The number of hydrogen-bond acceptors (Lipinski definition) is 5. The van der Waals surface area contributed by atoms with Gasteiger partial charge in [-0.05, 0) is 42.0 Å². The van der Waals surface area contributed by atoms with Gasteiger partial charge in [-0.1, -0.05) is 17.7 Å². The van der Waals surface area contributed by atoms with Gasteiger partial charge >= 0.3 is 5.97 Å². The summed E-state index contributed by atoms with van der Waals surface area (Å²) in [7, 11) is -3.76. The lowest BCUT2D eigenvalue weighted by Gasteiger charge is -2.14. The number of hydrogen-bond donors (Lipinski definition) is 3. The lowest BCUT2D eigenvalue weighted by atomic mass is 10.1. The number of ether oxygens (including phenoxy) is 1. The van der Waals surface area contributed by atoms with Crippen molar-refractivity contribution < 1.29 is 27.4 Å². The molecule has 2 aromatic carbocycles. The molecule has 0 heterocycles. The molecule has 0 aliphatic carbocycles. The highest BCUT2D eigenvalue weighted by atomic mass is 35.5. The van der Waals surface area contributed by atoms with Crippen LogP contribution in [-0.4, -0.2) is 32.6 Å². The van der Waals surface area contributed by atoms with Gasteiger partial charge in [0.1, 0.15) is 0 Å². The molecule has 10 heteroatoms. The zero-order valence-corrected chi connectivity index (χ0v) is 15.7. The lowest BCUT2D eigenvalue weighted by molar-refractivity contribution is -0.139. The molecule has 1 atom stereocenters. The van der Waals surface area contributed by atoms with Crippen molar-refractivity contribution >= 4 is 40.2 Å². The van der Waals surface area contributed by atoms with Crippen LogP contribution in [0.4, 0.5) is 4.39 Å². The average molecular weight is 420 g/mol. The molecule has 2 N–H and O–H groups in total. The molecule has 0 aliphatic rings. The van der Waals surface area contributed by atoms with Crippen molar-refractivity contribution in [2.24, 2.45) is 0 Å². The van der Waals surface area contributed by atoms with Crippen LogP contribution in [0, 0.1) is 5.82 Å². The maximum atomic E-state index is 13.9. The monoisotopic (exact) mass is 419 g/mol. The number of carboxylic acid groups (broad SMARTS) is 1. The second-order valence-corrected chi connectivity index (χ2v) is 8.02. The molecule has 0 aromatic heterocycles. The van der Waals surface area contributed by atoms with Gasteiger partial charge in [0.05, 0.1) is 4.90 Å². The molecule has 2 aromatic rings. The predicted octanol–water partition coefficient (Wildman–Crippen LogP) is 2.89. The third-order valence-corrected chi connectivity index (χ3v) is 5.45. The van der Waals surface area contributed by atoms with Crippen LogP contribution in [0.5, 0.6) is 5.75 Å². The van der Waals surface area contributed by atoms with E-state index in [0.29, 0.717) is 10.6 Å². The fourth-order valence-electron chi connectivity index (χ4n) is 1.98. The van der Waals surface area contributed by atoms with Gasteiger partial charge in [-0.3, -0.25) is 0 Å². The van der Waals surface area contributed by atoms with Gasteiger partial charge in [0, 0.05) is 16.8 Å². The summed E-state index contributed by atoms with van der Waals surface area (Å²) in [6.07, 6.45) is 0. The number of carboxylic acids is 1. The Kier molecular flexibility index (Phi) is 6.87. The number of rotatable bonds is 8. The number of sulfonamides is 1. The molecule has 0 spiro atoms. The van der Waals surface area contributed by atoms with E-state index in [1.807, 2.05) is 0 Å². The van der Waals surface area contributed by atoms with E-state index < -0.39 is 33.7 Å². The first kappa shape index (κ1) is 20.5. The second kappa shape index (κ2) is 8.72. The topological polar surface area (TPSA) is 92.7 Å². The van der Waals surface area contributed by atoms with Gasteiger partial charge in [0.25, 0.3) is 0 Å². The molecular formula is C16H15ClFNO5S2. The third kappa shape index (κ3) is 5.60. The molecule has 6 nitrogen and oxygen atoms in total. The maximum Gasteiger partial charge on any atom is 0.341 e. The Bertz CT molecular complexity index is 890. The summed E-state index contributed by atoms with van der Waals surface area (Å²) in [5, 5.41) is 8.32. The summed E-state index contributed by atoms with van der Waals surface area (Å²) in [5.74, 6) is -2.20. The molecule has 1 unspecified atom stereocenters. The third-order valence-electron chi connectivity index (χ3n) is 3.28. The molecule has 0 amide bonds. The number of thiol groups is 1. The summed E-state index contributed by atoms with van der Waals surface area (Å²) in [5.41, 5.74) is 0.410. The van der Waals surface area contributed by atoms with Crippen LogP contribution < -0.4 is 9.46 Å². The SMILES string of the molecule is O=C(O)COc1ccc(C(S)CNS(=O)(=O)c2ccc(Cl)cc2)cc1F. The Hall–Kier alpha value is -1.81. The summed E-state index contributed by atoms with van der Waals surface area (Å²) < 4.78 is 45.5. The molecule has 26 heavy (non-hydrogen) atoms. The second-order valence-electron chi connectivity index (χ2n) is 5.19. The normalized spacial score (nSPS) is 12.6. The summed E-state index contributed by atoms with van der Waals surface area (Å²) in [6, 6.07) is 9.52. The molecule has 0 aliphatic heterocycles. The molecule has 0 saturated carbocycles. The average Bonchev–Trinajstić information content (AvgIpc) is 2.59. The van der Waals surface area contributed by atoms with Crippen molar-refractivity contribution in [2.75, 3.05) is 13.2 Å². The van der Waals surface area contributed by atoms with E-state index in [0.717, 1.165) is 6.07 Å². The quantitative estimate of drug-likeness (QED) is 0.572. The van der Waals surface area contributed by atoms with E-state index in [4.69, 9.17) is 21.4 Å². The van der Waals surface area contributed by atoms with Crippen molar-refractivity contribution in [3.63, 3.8) is 0 Å². The Morgan fingerprint density at radius 2 is 1.92 bits per heavy atom. The van der Waals surface area contributed by atoms with Crippen LogP contribution in [0.15, 0.2) is 47.4 Å². The number of carbonyl (C=O) groups is 1. The fourth-order valence-corrected chi connectivity index (χ4v) is 3.53. The number of halogens is 2. The van der Waals surface area contributed by atoms with Gasteiger partial charge in [-0.25, -0.2) is 22.3 Å². The van der Waals surface area contributed by atoms with Crippen LogP contribution in [0.3, 0.4) is 0 Å². The number of aliphatic carboxylic acids is 1. The highest BCUT2D eigenvalue weighted by molar-refractivity contribution is 7.89. The van der Waals surface area contributed by atoms with Crippen molar-refractivity contribution in [1.29, 1.82) is 0 Å². The van der Waals surface area contributed by atoms with Crippen LogP contribution in [0.1, 0.15) is 10.8 Å². The van der Waals surface area contributed by atoms with Gasteiger partial charge in [-0.2, -0.15) is 12.6 Å². The number of benzene rings is 2. The van der Waals surface area contributed by atoms with E-state index in [-0.39, 0.29) is 17.2 Å². The summed E-state index contributed by atoms with van der Waals surface area (Å²) in [4.78, 5) is 10.5. The molecule has 2 rings (SSSR count). The molecule has 0 bridgehead atoms. The first-order valence-electron chi connectivity index (χ1n) is 7.26. The maximum absolute atomic E-state index is 13.9. The Balaban J connectivity index is 2.03. The molecule has 140 valence electrons. The minimum absolute atomic E-state index is 0.0473. The first-order valence-corrected chi connectivity index (χ1v) is 9.64. The van der Waals surface area contributed by atoms with E-state index in [9.17, 15) is 17.6 Å². The summed E-state index contributed by atoms with van der Waals surface area (Å²) in [6.45, 7) is -0.746. The van der Waals surface area contributed by atoms with Crippen LogP contribution in [0.25, 0.3) is 0 Å². The van der Waals surface area contributed by atoms with Gasteiger partial charge in [-0.15, -0.1) is 0 Å². The largest absolute Gasteiger partial charge is 0.479 e. The molecule has 0 saturated heterocycles. The van der Waals surface area contributed by atoms with Crippen molar-refractivity contribution in [2.45, 2.75) is 10.1 Å². The highest BCUT2D eigenvalue weighted by Gasteiger charge is 2.17. The minimum atomic E-state index is -3.76. The van der Waals surface area contributed by atoms with E-state index in [1.165, 1.54) is 36.4 Å². The smallest absolute Gasteiger partial charge is 0.341 e. The predicted molar refractivity (Wildman–Crippen MR) is 97.9 cm³/mol. The Labute approximate surface area is 160 Å². The fraction of sp³-hybridized carbons (Fsp3) is 0.188. The summed E-state index contributed by atoms with van der Waals surface area (Å²) >= 11 is 10.0. The van der Waals surface area contributed by atoms with E-state index >= 15 is 0 Å². The molecular weight excluding hydrogens is 405 g/mol. The van der Waals surface area contributed by atoms with Crippen LogP contribution >= 0.6 is 24.2 Å². The van der Waals surface area contributed by atoms with Crippen molar-refractivity contribution in [1.82, 2.24) is 4.72 Å². The van der Waals surface area contributed by atoms with Gasteiger partial charge < -0.3 is 9.84 Å². The van der Waals surface area contributed by atoms with Crippen LogP contribution in [-0.2, 0) is 14.8 Å². The standard InChI is InChI=1S/C16H15ClFNO5S2/c17-11-2-4-12(5-3-11)26(22,23)19-8-15(25)10-1-6-14(13(18)7-10)24-9-16(20)21/h1-7,15,19,25H,8-9H2,(H,20,21). The first-order chi connectivity index (χ1) is 12.2. The lowest BCUT2D eigenvalue weighted by Crippen LogP contribution is -2.27. The molecule has 0 fully saturated rings.